The van der Waals surface area contributed by atoms with E-state index in [-0.39, 0.29) is 25.3 Å². The highest BCUT2D eigenvalue weighted by Gasteiger charge is 2.14. The molecule has 2 rings (SSSR count). The van der Waals surface area contributed by atoms with Crippen LogP contribution in [0.1, 0.15) is 26.7 Å². The van der Waals surface area contributed by atoms with Gasteiger partial charge >= 0.3 is 0 Å². The van der Waals surface area contributed by atoms with Gasteiger partial charge in [-0.2, -0.15) is 0 Å². The number of amides is 1. The van der Waals surface area contributed by atoms with Gasteiger partial charge in [0.1, 0.15) is 5.75 Å². The van der Waals surface area contributed by atoms with Gasteiger partial charge in [-0.15, -0.1) is 0 Å². The molecule has 1 N–H and O–H groups in total. The summed E-state index contributed by atoms with van der Waals surface area (Å²) in [5.41, 5.74) is 0. The van der Waals surface area contributed by atoms with E-state index in [1.165, 1.54) is 0 Å². The van der Waals surface area contributed by atoms with Crippen molar-refractivity contribution < 1.29 is 19.0 Å². The molecule has 104 valence electrons. The van der Waals surface area contributed by atoms with Gasteiger partial charge in [-0.25, -0.2) is 0 Å². The second-order valence-corrected chi connectivity index (χ2v) is 4.56. The summed E-state index contributed by atoms with van der Waals surface area (Å²) in [7, 11) is 0. The fourth-order valence-corrected chi connectivity index (χ4v) is 1.94. The molecule has 1 amide bonds. The number of hydrogen-bond acceptors (Lipinski definition) is 4. The number of benzene rings is 1. The molecule has 1 unspecified atom stereocenters. The maximum atomic E-state index is 11.6. The minimum atomic E-state index is -0.112. The molecule has 0 aromatic heterocycles. The number of carbonyl (C=O) groups excluding carboxylic acids is 1. The smallest absolute Gasteiger partial charge is 0.258 e. The lowest BCUT2D eigenvalue weighted by atomic mass is 10.2. The Morgan fingerprint density at radius 3 is 3.00 bits per heavy atom. The summed E-state index contributed by atoms with van der Waals surface area (Å²) < 4.78 is 15.9. The van der Waals surface area contributed by atoms with Crippen LogP contribution in [-0.2, 0) is 4.79 Å². The van der Waals surface area contributed by atoms with Crippen LogP contribution in [0.2, 0.25) is 0 Å². The molecule has 5 nitrogen and oxygen atoms in total. The summed E-state index contributed by atoms with van der Waals surface area (Å²) in [5, 5.41) is 2.88. The second kappa shape index (κ2) is 6.31. The van der Waals surface area contributed by atoms with Crippen molar-refractivity contribution in [3.05, 3.63) is 18.2 Å². The Balaban J connectivity index is 1.80. The van der Waals surface area contributed by atoms with Gasteiger partial charge in [0, 0.05) is 12.1 Å². The Morgan fingerprint density at radius 1 is 1.42 bits per heavy atom. The van der Waals surface area contributed by atoms with Crippen LogP contribution in [0.5, 0.6) is 17.2 Å². The van der Waals surface area contributed by atoms with E-state index in [9.17, 15) is 4.79 Å². The van der Waals surface area contributed by atoms with Crippen molar-refractivity contribution in [2.24, 2.45) is 0 Å². The standard InChI is InChI=1S/C14H19NO4/c1-3-4-10(2)15-14(16)8-17-11-5-6-12-13(7-11)19-9-18-12/h5-7,10H,3-4,8-9H2,1-2H3,(H,15,16). The Kier molecular flexibility index (Phi) is 4.49. The minimum Gasteiger partial charge on any atom is -0.484 e. The molecular weight excluding hydrogens is 246 g/mol. The van der Waals surface area contributed by atoms with E-state index in [4.69, 9.17) is 14.2 Å². The van der Waals surface area contributed by atoms with Crippen molar-refractivity contribution in [3.63, 3.8) is 0 Å². The predicted molar refractivity (Wildman–Crippen MR) is 70.6 cm³/mol. The van der Waals surface area contributed by atoms with Crippen LogP contribution in [-0.4, -0.2) is 25.3 Å². The van der Waals surface area contributed by atoms with Crippen molar-refractivity contribution in [2.45, 2.75) is 32.7 Å². The topological polar surface area (TPSA) is 56.8 Å². The molecule has 1 heterocycles. The molecule has 1 aliphatic heterocycles. The second-order valence-electron chi connectivity index (χ2n) is 4.56. The predicted octanol–water partition coefficient (Wildman–Crippen LogP) is 2.10. The van der Waals surface area contributed by atoms with Gasteiger partial charge in [-0.05, 0) is 25.5 Å². The van der Waals surface area contributed by atoms with Crippen LogP contribution in [0.15, 0.2) is 18.2 Å². The van der Waals surface area contributed by atoms with Crippen LogP contribution >= 0.6 is 0 Å². The van der Waals surface area contributed by atoms with Crippen LogP contribution < -0.4 is 19.5 Å². The highest BCUT2D eigenvalue weighted by Crippen LogP contribution is 2.34. The number of fused-ring (bicyclic) bond motifs is 1. The summed E-state index contributed by atoms with van der Waals surface area (Å²) in [6, 6.07) is 5.44. The Bertz CT molecular complexity index is 447. The third kappa shape index (κ3) is 3.77. The molecule has 0 saturated carbocycles. The van der Waals surface area contributed by atoms with E-state index >= 15 is 0 Å². The van der Waals surface area contributed by atoms with Crippen LogP contribution in [0.25, 0.3) is 0 Å². The minimum absolute atomic E-state index is 0.00764. The zero-order valence-electron chi connectivity index (χ0n) is 11.3. The largest absolute Gasteiger partial charge is 0.484 e. The fourth-order valence-electron chi connectivity index (χ4n) is 1.94. The molecule has 0 spiro atoms. The zero-order chi connectivity index (χ0) is 13.7. The number of rotatable bonds is 6. The number of ether oxygens (including phenoxy) is 3. The summed E-state index contributed by atoms with van der Waals surface area (Å²) in [6.45, 7) is 4.31. The average molecular weight is 265 g/mol. The van der Waals surface area contributed by atoms with Crippen LogP contribution in [0.3, 0.4) is 0 Å². The quantitative estimate of drug-likeness (QED) is 0.855. The van der Waals surface area contributed by atoms with E-state index in [0.29, 0.717) is 17.2 Å². The van der Waals surface area contributed by atoms with Gasteiger partial charge in [0.25, 0.3) is 5.91 Å². The normalized spacial score (nSPS) is 14.0. The van der Waals surface area contributed by atoms with Crippen LogP contribution in [0, 0.1) is 0 Å². The number of nitrogens with one attached hydrogen (secondary N) is 1. The summed E-state index contributed by atoms with van der Waals surface area (Å²) in [4.78, 5) is 11.6. The van der Waals surface area contributed by atoms with Crippen molar-refractivity contribution in [1.29, 1.82) is 0 Å². The zero-order valence-corrected chi connectivity index (χ0v) is 11.3. The first-order valence-corrected chi connectivity index (χ1v) is 6.51. The molecule has 0 saturated heterocycles. The first-order chi connectivity index (χ1) is 9.19. The maximum absolute atomic E-state index is 11.6. The molecule has 1 atom stereocenters. The average Bonchev–Trinajstić information content (AvgIpc) is 2.83. The van der Waals surface area contributed by atoms with E-state index in [1.807, 2.05) is 6.92 Å². The highest BCUT2D eigenvalue weighted by atomic mass is 16.7. The van der Waals surface area contributed by atoms with Crippen molar-refractivity contribution in [2.75, 3.05) is 13.4 Å². The van der Waals surface area contributed by atoms with E-state index in [1.54, 1.807) is 18.2 Å². The van der Waals surface area contributed by atoms with Gasteiger partial charge in [-0.1, -0.05) is 13.3 Å². The summed E-state index contributed by atoms with van der Waals surface area (Å²) >= 11 is 0. The Hall–Kier alpha value is -1.91. The van der Waals surface area contributed by atoms with Crippen molar-refractivity contribution >= 4 is 5.91 Å². The maximum Gasteiger partial charge on any atom is 0.258 e. The third-order valence-electron chi connectivity index (χ3n) is 2.84. The lowest BCUT2D eigenvalue weighted by Gasteiger charge is -2.13. The van der Waals surface area contributed by atoms with Gasteiger partial charge in [0.2, 0.25) is 6.79 Å². The molecule has 5 heteroatoms. The van der Waals surface area contributed by atoms with E-state index in [2.05, 4.69) is 12.2 Å². The first kappa shape index (κ1) is 13.5. The first-order valence-electron chi connectivity index (χ1n) is 6.51. The third-order valence-corrected chi connectivity index (χ3v) is 2.84. The number of carbonyl (C=O) groups is 1. The SMILES string of the molecule is CCCC(C)NC(=O)COc1ccc2c(c1)OCO2. The molecule has 19 heavy (non-hydrogen) atoms. The number of hydrogen-bond donors (Lipinski definition) is 1. The van der Waals surface area contributed by atoms with Crippen LogP contribution in [0.4, 0.5) is 0 Å². The van der Waals surface area contributed by atoms with E-state index < -0.39 is 0 Å². The Morgan fingerprint density at radius 2 is 2.21 bits per heavy atom. The summed E-state index contributed by atoms with van der Waals surface area (Å²) in [6.07, 6.45) is 2.01. The van der Waals surface area contributed by atoms with Gasteiger partial charge in [0.05, 0.1) is 0 Å². The Labute approximate surface area is 112 Å². The molecule has 1 aliphatic rings. The van der Waals surface area contributed by atoms with Crippen molar-refractivity contribution in [3.8, 4) is 17.2 Å². The van der Waals surface area contributed by atoms with Gasteiger partial charge in [-0.3, -0.25) is 4.79 Å². The van der Waals surface area contributed by atoms with Crippen molar-refractivity contribution in [1.82, 2.24) is 5.32 Å². The van der Waals surface area contributed by atoms with Gasteiger partial charge in [0.15, 0.2) is 18.1 Å². The molecule has 0 fully saturated rings. The molecule has 0 aliphatic carbocycles. The highest BCUT2D eigenvalue weighted by molar-refractivity contribution is 5.77. The lowest BCUT2D eigenvalue weighted by molar-refractivity contribution is -0.123. The molecular formula is C14H19NO4. The molecule has 0 bridgehead atoms. The summed E-state index contributed by atoms with van der Waals surface area (Å²) in [5.74, 6) is 1.84. The molecule has 1 aromatic carbocycles. The molecule has 1 aromatic rings. The van der Waals surface area contributed by atoms with Gasteiger partial charge < -0.3 is 19.5 Å². The van der Waals surface area contributed by atoms with E-state index in [0.717, 1.165) is 12.8 Å². The fraction of sp³-hybridized carbons (Fsp3) is 0.500. The lowest BCUT2D eigenvalue weighted by Crippen LogP contribution is -2.35. The monoisotopic (exact) mass is 265 g/mol. The molecule has 0 radical (unpaired) electrons.